The Hall–Kier alpha value is -3.51. The van der Waals surface area contributed by atoms with Gasteiger partial charge in [-0.25, -0.2) is 0 Å². The second-order valence-electron chi connectivity index (χ2n) is 7.68. The van der Waals surface area contributed by atoms with Crippen LogP contribution in [0.2, 0.25) is 0 Å². The molecule has 0 saturated heterocycles. The number of aromatic nitrogens is 3. The van der Waals surface area contributed by atoms with E-state index in [-0.39, 0.29) is 4.90 Å². The monoisotopic (exact) mass is 427 g/mol. The number of rotatable bonds is 5. The van der Waals surface area contributed by atoms with Crippen molar-refractivity contribution in [3.8, 4) is 11.3 Å². The highest BCUT2D eigenvalue weighted by Crippen LogP contribution is 2.42. The smallest absolute Gasteiger partial charge is 0.199 e. The maximum absolute atomic E-state index is 13.0. The van der Waals surface area contributed by atoms with Gasteiger partial charge in [-0.3, -0.25) is 0 Å². The summed E-state index contributed by atoms with van der Waals surface area (Å²) in [5.74, 6) is 0. The van der Waals surface area contributed by atoms with Crippen LogP contribution in [0, 0.1) is 6.92 Å². The van der Waals surface area contributed by atoms with Crippen LogP contribution in [-0.2, 0) is 10.0 Å². The third-order valence-corrected chi connectivity index (χ3v) is 6.97. The Labute approximate surface area is 181 Å². The molecule has 6 heteroatoms. The number of hydrogen-bond donors (Lipinski definition) is 0. The fourth-order valence-electron chi connectivity index (χ4n) is 3.70. The quantitative estimate of drug-likeness (QED) is 0.445. The van der Waals surface area contributed by atoms with Gasteiger partial charge < -0.3 is 0 Å². The Kier molecular flexibility index (Phi) is 4.79. The Morgan fingerprint density at radius 1 is 0.871 bits per heavy atom. The molecule has 0 unspecified atom stereocenters. The largest absolute Gasteiger partial charge is 0.284 e. The average Bonchev–Trinajstić information content (AvgIpc) is 3.49. The predicted octanol–water partition coefficient (Wildman–Crippen LogP) is 5.09. The van der Waals surface area contributed by atoms with Crippen LogP contribution in [0.3, 0.4) is 0 Å². The first-order valence-electron chi connectivity index (χ1n) is 10.2. The molecule has 1 heterocycles. The van der Waals surface area contributed by atoms with Gasteiger partial charge in [-0.1, -0.05) is 83.1 Å². The van der Waals surface area contributed by atoms with Crippen molar-refractivity contribution in [1.29, 1.82) is 0 Å². The molecule has 4 aromatic rings. The lowest BCUT2D eigenvalue weighted by atomic mass is 9.92. The average molecular weight is 428 g/mol. The van der Waals surface area contributed by atoms with E-state index in [0.717, 1.165) is 39.2 Å². The molecule has 0 bridgehead atoms. The number of aryl methyl sites for hydroxylation is 1. The van der Waals surface area contributed by atoms with Gasteiger partial charge >= 0.3 is 0 Å². The first kappa shape index (κ1) is 19.5. The molecule has 1 aliphatic rings. The highest BCUT2D eigenvalue weighted by molar-refractivity contribution is 7.89. The molecular formula is C25H21N3O2S. The lowest BCUT2D eigenvalue weighted by Crippen LogP contribution is -2.13. The van der Waals surface area contributed by atoms with Gasteiger partial charge in [-0.2, -0.15) is 8.42 Å². The Balaban J connectivity index is 1.59. The summed E-state index contributed by atoms with van der Waals surface area (Å²) in [6.45, 7) is 1.92. The molecule has 5 rings (SSSR count). The fourth-order valence-corrected chi connectivity index (χ4v) is 4.77. The first-order chi connectivity index (χ1) is 15.0. The minimum atomic E-state index is -3.80. The molecule has 5 nitrogen and oxygen atoms in total. The van der Waals surface area contributed by atoms with Crippen LogP contribution >= 0.6 is 0 Å². The van der Waals surface area contributed by atoms with Crippen molar-refractivity contribution in [3.05, 3.63) is 107 Å². The molecule has 0 atom stereocenters. The standard InChI is InChI=1S/C25H21N3O2S/c1-18-11-15-21(16-12-18)31(29,30)28-17-24(26-27-28)22-9-5-6-10-23(22)25(20-13-14-20)19-7-3-2-4-8-19/h2-12,15-17H,13-14H2,1H3. The Bertz CT molecular complexity index is 1380. The van der Waals surface area contributed by atoms with E-state index in [1.165, 1.54) is 17.3 Å². The van der Waals surface area contributed by atoms with Gasteiger partial charge in [0.15, 0.2) is 0 Å². The molecule has 31 heavy (non-hydrogen) atoms. The van der Waals surface area contributed by atoms with Crippen molar-refractivity contribution in [2.45, 2.75) is 24.7 Å². The van der Waals surface area contributed by atoms with Gasteiger partial charge in [0, 0.05) is 5.56 Å². The lowest BCUT2D eigenvalue weighted by molar-refractivity contribution is 0.577. The number of nitrogens with zero attached hydrogens (tertiary/aromatic N) is 3. The molecule has 154 valence electrons. The Morgan fingerprint density at radius 3 is 2.26 bits per heavy atom. The van der Waals surface area contributed by atoms with Gasteiger partial charge in [-0.15, -0.1) is 9.19 Å². The second-order valence-corrected chi connectivity index (χ2v) is 9.48. The fraction of sp³-hybridized carbons (Fsp3) is 0.120. The molecule has 1 fully saturated rings. The topological polar surface area (TPSA) is 64.8 Å². The molecule has 0 amide bonds. The molecule has 0 aliphatic heterocycles. The molecular weight excluding hydrogens is 406 g/mol. The van der Waals surface area contributed by atoms with Gasteiger partial charge in [0.2, 0.25) is 0 Å². The molecule has 1 aliphatic carbocycles. The van der Waals surface area contributed by atoms with Crippen LogP contribution in [-0.4, -0.2) is 22.8 Å². The Morgan fingerprint density at radius 2 is 1.55 bits per heavy atom. The maximum Gasteiger partial charge on any atom is 0.284 e. The van der Waals surface area contributed by atoms with E-state index in [0.29, 0.717) is 5.69 Å². The van der Waals surface area contributed by atoms with E-state index in [1.807, 2.05) is 43.3 Å². The van der Waals surface area contributed by atoms with Crippen molar-refractivity contribution in [2.24, 2.45) is 0 Å². The number of benzene rings is 3. The third kappa shape index (κ3) is 3.70. The molecule has 3 aromatic carbocycles. The third-order valence-electron chi connectivity index (χ3n) is 5.43. The van der Waals surface area contributed by atoms with Crippen molar-refractivity contribution < 1.29 is 8.42 Å². The van der Waals surface area contributed by atoms with Crippen molar-refractivity contribution >= 4 is 15.6 Å². The van der Waals surface area contributed by atoms with Crippen LogP contribution in [0.1, 0.15) is 29.5 Å². The van der Waals surface area contributed by atoms with Crippen LogP contribution in [0.4, 0.5) is 0 Å². The summed E-state index contributed by atoms with van der Waals surface area (Å²) in [6.07, 6.45) is 3.65. The normalized spacial score (nSPS) is 13.3. The van der Waals surface area contributed by atoms with Crippen LogP contribution < -0.4 is 0 Å². The molecule has 0 spiro atoms. The first-order valence-corrected chi connectivity index (χ1v) is 11.6. The van der Waals surface area contributed by atoms with E-state index < -0.39 is 10.0 Å². The van der Waals surface area contributed by atoms with E-state index in [9.17, 15) is 8.42 Å². The van der Waals surface area contributed by atoms with Crippen LogP contribution in [0.25, 0.3) is 16.8 Å². The van der Waals surface area contributed by atoms with E-state index >= 15 is 0 Å². The van der Waals surface area contributed by atoms with Crippen LogP contribution in [0.15, 0.2) is 95.5 Å². The summed E-state index contributed by atoms with van der Waals surface area (Å²) < 4.78 is 27.0. The summed E-state index contributed by atoms with van der Waals surface area (Å²) in [7, 11) is -3.80. The number of hydrogen-bond acceptors (Lipinski definition) is 4. The molecule has 0 radical (unpaired) electrons. The summed E-state index contributed by atoms with van der Waals surface area (Å²) in [6, 6.07) is 25.0. The minimum absolute atomic E-state index is 0.188. The van der Waals surface area contributed by atoms with Gasteiger partial charge in [0.1, 0.15) is 5.69 Å². The molecule has 1 aromatic heterocycles. The van der Waals surface area contributed by atoms with Gasteiger partial charge in [0.05, 0.1) is 11.1 Å². The molecule has 0 N–H and O–H groups in total. The minimum Gasteiger partial charge on any atom is -0.199 e. The van der Waals surface area contributed by atoms with E-state index in [2.05, 4.69) is 28.5 Å². The van der Waals surface area contributed by atoms with E-state index in [1.54, 1.807) is 24.3 Å². The summed E-state index contributed by atoms with van der Waals surface area (Å²) in [4.78, 5) is 0.188. The summed E-state index contributed by atoms with van der Waals surface area (Å²) in [5.41, 5.74) is 7.19. The predicted molar refractivity (Wildman–Crippen MR) is 121 cm³/mol. The summed E-state index contributed by atoms with van der Waals surface area (Å²) in [5, 5.41) is 8.18. The highest BCUT2D eigenvalue weighted by Gasteiger charge is 2.24. The van der Waals surface area contributed by atoms with E-state index in [4.69, 9.17) is 0 Å². The van der Waals surface area contributed by atoms with Gasteiger partial charge in [-0.05, 0) is 48.6 Å². The maximum atomic E-state index is 13.0. The van der Waals surface area contributed by atoms with Crippen molar-refractivity contribution in [3.63, 3.8) is 0 Å². The lowest BCUT2D eigenvalue weighted by Gasteiger charge is -2.12. The van der Waals surface area contributed by atoms with Crippen molar-refractivity contribution in [1.82, 2.24) is 14.4 Å². The number of allylic oxidation sites excluding steroid dienone is 1. The van der Waals surface area contributed by atoms with Crippen LogP contribution in [0.5, 0.6) is 0 Å². The SMILES string of the molecule is Cc1ccc(S(=O)(=O)n2cc(-c3ccccc3C(=C3CC3)c3ccccc3)nn2)cc1. The highest BCUT2D eigenvalue weighted by atomic mass is 32.2. The molecule has 1 saturated carbocycles. The zero-order valence-electron chi connectivity index (χ0n) is 17.1. The van der Waals surface area contributed by atoms with Crippen molar-refractivity contribution in [2.75, 3.05) is 0 Å². The second kappa shape index (κ2) is 7.63. The summed E-state index contributed by atoms with van der Waals surface area (Å²) >= 11 is 0. The zero-order valence-corrected chi connectivity index (χ0v) is 17.9. The zero-order chi connectivity index (χ0) is 21.4. The van der Waals surface area contributed by atoms with Gasteiger partial charge in [0.25, 0.3) is 10.0 Å².